The fourth-order valence-electron chi connectivity index (χ4n) is 1.35. The topological polar surface area (TPSA) is 90.7 Å². The molecule has 1 aromatic heterocycles. The Labute approximate surface area is 96.3 Å². The molecule has 0 bridgehead atoms. The highest BCUT2D eigenvalue weighted by molar-refractivity contribution is 5.72. The second-order valence-corrected chi connectivity index (χ2v) is 3.44. The van der Waals surface area contributed by atoms with Crippen molar-refractivity contribution in [3.05, 3.63) is 29.8 Å². The first-order valence-electron chi connectivity index (χ1n) is 4.72. The van der Waals surface area contributed by atoms with Gasteiger partial charge in [-0.05, 0) is 11.6 Å². The van der Waals surface area contributed by atoms with E-state index in [0.29, 0.717) is 5.56 Å². The van der Waals surface area contributed by atoms with E-state index in [1.54, 1.807) is 0 Å². The Hall–Kier alpha value is -2.02. The fourth-order valence-corrected chi connectivity index (χ4v) is 1.35. The standard InChI is InChI=1S/C10H11FN2O4/c11-8-1-7(2-12-3-8)4-13(5-9(14)15)6-10(16)17/h1-3H,4-6H2,(H,14,15)(H,16,17). The van der Waals surface area contributed by atoms with Crippen molar-refractivity contribution in [1.29, 1.82) is 0 Å². The summed E-state index contributed by atoms with van der Waals surface area (Å²) in [6.45, 7) is -0.838. The Morgan fingerprint density at radius 2 is 1.82 bits per heavy atom. The van der Waals surface area contributed by atoms with Gasteiger partial charge in [-0.15, -0.1) is 0 Å². The molecule has 0 atom stereocenters. The second-order valence-electron chi connectivity index (χ2n) is 3.44. The average Bonchev–Trinajstić information content (AvgIpc) is 2.14. The molecule has 1 rings (SSSR count). The molecule has 7 heteroatoms. The van der Waals surface area contributed by atoms with E-state index >= 15 is 0 Å². The number of pyridine rings is 1. The fraction of sp³-hybridized carbons (Fsp3) is 0.300. The van der Waals surface area contributed by atoms with Crippen LogP contribution in [0.15, 0.2) is 18.5 Å². The number of hydrogen-bond donors (Lipinski definition) is 2. The number of rotatable bonds is 6. The Morgan fingerprint density at radius 1 is 1.24 bits per heavy atom. The Bertz CT molecular complexity index is 409. The Morgan fingerprint density at radius 3 is 2.29 bits per heavy atom. The van der Waals surface area contributed by atoms with Gasteiger partial charge in [0.2, 0.25) is 0 Å². The number of halogens is 1. The first-order valence-corrected chi connectivity index (χ1v) is 4.72. The first kappa shape index (κ1) is 13.0. The van der Waals surface area contributed by atoms with Crippen LogP contribution in [0.1, 0.15) is 5.56 Å². The summed E-state index contributed by atoms with van der Waals surface area (Å²) in [5, 5.41) is 17.2. The average molecular weight is 242 g/mol. The number of carbonyl (C=O) groups is 2. The minimum absolute atomic E-state index is 0.0172. The summed E-state index contributed by atoms with van der Waals surface area (Å²) in [7, 11) is 0. The van der Waals surface area contributed by atoms with Crippen molar-refractivity contribution in [2.24, 2.45) is 0 Å². The summed E-state index contributed by atoms with van der Waals surface area (Å²) in [6.07, 6.45) is 2.38. The molecule has 0 saturated carbocycles. The molecule has 0 fully saturated rings. The van der Waals surface area contributed by atoms with E-state index in [1.165, 1.54) is 17.2 Å². The van der Waals surface area contributed by atoms with Gasteiger partial charge >= 0.3 is 11.9 Å². The SMILES string of the molecule is O=C(O)CN(CC(=O)O)Cc1cncc(F)c1. The van der Waals surface area contributed by atoms with E-state index in [1.807, 2.05) is 0 Å². The zero-order chi connectivity index (χ0) is 12.8. The van der Waals surface area contributed by atoms with E-state index in [0.717, 1.165) is 6.20 Å². The maximum atomic E-state index is 12.8. The number of hydrogen-bond acceptors (Lipinski definition) is 4. The van der Waals surface area contributed by atoms with Gasteiger partial charge in [0.05, 0.1) is 19.3 Å². The van der Waals surface area contributed by atoms with Crippen LogP contribution in [-0.2, 0) is 16.1 Å². The lowest BCUT2D eigenvalue weighted by atomic mass is 10.2. The van der Waals surface area contributed by atoms with Crippen molar-refractivity contribution in [2.75, 3.05) is 13.1 Å². The van der Waals surface area contributed by atoms with Gasteiger partial charge in [0.25, 0.3) is 0 Å². The largest absolute Gasteiger partial charge is 0.480 e. The van der Waals surface area contributed by atoms with E-state index < -0.39 is 30.8 Å². The smallest absolute Gasteiger partial charge is 0.317 e. The number of carboxylic acid groups (broad SMARTS) is 2. The van der Waals surface area contributed by atoms with Crippen LogP contribution in [0.5, 0.6) is 0 Å². The van der Waals surface area contributed by atoms with Crippen molar-refractivity contribution < 1.29 is 24.2 Å². The molecule has 0 saturated heterocycles. The third-order valence-electron chi connectivity index (χ3n) is 1.89. The molecule has 0 amide bonds. The molecular weight excluding hydrogens is 231 g/mol. The van der Waals surface area contributed by atoms with Crippen molar-refractivity contribution in [2.45, 2.75) is 6.54 Å². The molecule has 1 aromatic rings. The minimum atomic E-state index is -1.14. The van der Waals surface area contributed by atoms with Crippen molar-refractivity contribution in [3.8, 4) is 0 Å². The quantitative estimate of drug-likeness (QED) is 0.740. The summed E-state index contributed by atoms with van der Waals surface area (Å²) >= 11 is 0. The number of aliphatic carboxylic acids is 2. The lowest BCUT2D eigenvalue weighted by Crippen LogP contribution is -2.34. The maximum Gasteiger partial charge on any atom is 0.317 e. The van der Waals surface area contributed by atoms with E-state index in [9.17, 15) is 14.0 Å². The van der Waals surface area contributed by atoms with Gasteiger partial charge in [-0.3, -0.25) is 19.5 Å². The highest BCUT2D eigenvalue weighted by Crippen LogP contribution is 2.05. The van der Waals surface area contributed by atoms with Gasteiger partial charge in [-0.25, -0.2) is 4.39 Å². The van der Waals surface area contributed by atoms with Crippen molar-refractivity contribution >= 4 is 11.9 Å². The molecule has 0 aliphatic heterocycles. The Kier molecular flexibility index (Phi) is 4.53. The summed E-state index contributed by atoms with van der Waals surface area (Å²) in [4.78, 5) is 25.8. The molecule has 0 aromatic carbocycles. The zero-order valence-electron chi connectivity index (χ0n) is 8.84. The van der Waals surface area contributed by atoms with Crippen LogP contribution in [0.4, 0.5) is 4.39 Å². The van der Waals surface area contributed by atoms with E-state index in [-0.39, 0.29) is 6.54 Å². The summed E-state index contributed by atoms with van der Waals surface area (Å²) in [6, 6.07) is 1.18. The summed E-state index contributed by atoms with van der Waals surface area (Å²) < 4.78 is 12.8. The van der Waals surface area contributed by atoms with Crippen LogP contribution in [0.3, 0.4) is 0 Å². The minimum Gasteiger partial charge on any atom is -0.480 e. The molecule has 0 aliphatic rings. The van der Waals surface area contributed by atoms with Crippen molar-refractivity contribution in [1.82, 2.24) is 9.88 Å². The molecule has 2 N–H and O–H groups in total. The molecule has 0 spiro atoms. The zero-order valence-corrected chi connectivity index (χ0v) is 8.84. The molecule has 1 heterocycles. The maximum absolute atomic E-state index is 12.8. The molecular formula is C10H11FN2O4. The monoisotopic (exact) mass is 242 g/mol. The first-order chi connectivity index (χ1) is 7.97. The Balaban J connectivity index is 2.71. The second kappa shape index (κ2) is 5.90. The predicted molar refractivity (Wildman–Crippen MR) is 54.7 cm³/mol. The highest BCUT2D eigenvalue weighted by atomic mass is 19.1. The molecule has 17 heavy (non-hydrogen) atoms. The third kappa shape index (κ3) is 5.03. The number of carboxylic acids is 2. The molecule has 92 valence electrons. The molecule has 6 nitrogen and oxygen atoms in total. The lowest BCUT2D eigenvalue weighted by molar-refractivity contribution is -0.142. The summed E-state index contributed by atoms with van der Waals surface area (Å²) in [5.74, 6) is -2.83. The van der Waals surface area contributed by atoms with Crippen molar-refractivity contribution in [3.63, 3.8) is 0 Å². The summed E-state index contributed by atoms with van der Waals surface area (Å²) in [5.41, 5.74) is 0.424. The van der Waals surface area contributed by atoms with Crippen LogP contribution in [0.2, 0.25) is 0 Å². The van der Waals surface area contributed by atoms with Crippen LogP contribution < -0.4 is 0 Å². The van der Waals surface area contributed by atoms with E-state index in [4.69, 9.17) is 10.2 Å². The highest BCUT2D eigenvalue weighted by Gasteiger charge is 2.14. The van der Waals surface area contributed by atoms with Crippen LogP contribution >= 0.6 is 0 Å². The molecule has 0 unspecified atom stereocenters. The number of nitrogens with zero attached hydrogens (tertiary/aromatic N) is 2. The third-order valence-corrected chi connectivity index (χ3v) is 1.89. The number of aromatic nitrogens is 1. The molecule has 0 aliphatic carbocycles. The van der Waals surface area contributed by atoms with Gasteiger partial charge in [0.15, 0.2) is 0 Å². The van der Waals surface area contributed by atoms with Gasteiger partial charge in [-0.2, -0.15) is 0 Å². The molecule has 0 radical (unpaired) electrons. The van der Waals surface area contributed by atoms with Crippen LogP contribution in [0.25, 0.3) is 0 Å². The van der Waals surface area contributed by atoms with Gasteiger partial charge in [0, 0.05) is 12.7 Å². The van der Waals surface area contributed by atoms with Crippen LogP contribution in [-0.4, -0.2) is 45.1 Å². The van der Waals surface area contributed by atoms with Gasteiger partial charge < -0.3 is 10.2 Å². The predicted octanol–water partition coefficient (Wildman–Crippen LogP) is 0.192. The van der Waals surface area contributed by atoms with Gasteiger partial charge in [0.1, 0.15) is 5.82 Å². The lowest BCUT2D eigenvalue weighted by Gasteiger charge is -2.17. The van der Waals surface area contributed by atoms with Gasteiger partial charge in [-0.1, -0.05) is 0 Å². The van der Waals surface area contributed by atoms with Crippen LogP contribution in [0, 0.1) is 5.82 Å². The van der Waals surface area contributed by atoms with E-state index in [2.05, 4.69) is 4.98 Å². The normalized spacial score (nSPS) is 10.5.